The van der Waals surface area contributed by atoms with Crippen molar-refractivity contribution in [3.05, 3.63) is 29.0 Å². The molecule has 0 atom stereocenters. The average Bonchev–Trinajstić information content (AvgIpc) is 2.36. The van der Waals surface area contributed by atoms with E-state index < -0.39 is 30.0 Å². The first-order chi connectivity index (χ1) is 9.79. The molecule has 0 unspecified atom stereocenters. The number of carboxylic acids is 1. The normalized spacial score (nSPS) is 16.2. The van der Waals surface area contributed by atoms with Crippen LogP contribution in [-0.4, -0.2) is 47.3 Å². The number of anilines is 1. The molecule has 1 fully saturated rings. The summed E-state index contributed by atoms with van der Waals surface area (Å²) in [5.41, 5.74) is -0.654. The van der Waals surface area contributed by atoms with Gasteiger partial charge in [0.1, 0.15) is 18.0 Å². The average molecular weight is 317 g/mol. The highest BCUT2D eigenvalue weighted by atomic mass is 35.5. The van der Waals surface area contributed by atoms with Crippen molar-refractivity contribution in [1.82, 2.24) is 4.90 Å². The van der Waals surface area contributed by atoms with E-state index in [2.05, 4.69) is 5.32 Å². The van der Waals surface area contributed by atoms with E-state index in [0.717, 1.165) is 6.07 Å². The number of benzene rings is 1. The predicted octanol–water partition coefficient (Wildman–Crippen LogP) is 2.19. The highest BCUT2D eigenvalue weighted by Gasteiger charge is 2.42. The quantitative estimate of drug-likeness (QED) is 0.892. The number of rotatable bonds is 4. The molecule has 1 aromatic carbocycles. The zero-order valence-electron chi connectivity index (χ0n) is 11.2. The number of urea groups is 1. The van der Waals surface area contributed by atoms with Crippen molar-refractivity contribution in [3.63, 3.8) is 0 Å². The van der Waals surface area contributed by atoms with Gasteiger partial charge in [0.25, 0.3) is 0 Å². The molecule has 21 heavy (non-hydrogen) atoms. The molecule has 0 bridgehead atoms. The molecule has 2 amide bonds. The molecule has 1 saturated heterocycles. The van der Waals surface area contributed by atoms with E-state index >= 15 is 0 Å². The molecular formula is C13H14ClFN2O4. The first kappa shape index (κ1) is 15.5. The number of amides is 2. The summed E-state index contributed by atoms with van der Waals surface area (Å²) in [5, 5.41) is 11.2. The molecule has 0 radical (unpaired) electrons. The largest absolute Gasteiger partial charge is 0.480 e. The Morgan fingerprint density at radius 3 is 2.76 bits per heavy atom. The number of ether oxygens (including phenoxy) is 1. The summed E-state index contributed by atoms with van der Waals surface area (Å²) >= 11 is 5.62. The van der Waals surface area contributed by atoms with Crippen LogP contribution in [0.3, 0.4) is 0 Å². The Bertz CT molecular complexity index is 575. The van der Waals surface area contributed by atoms with Crippen LogP contribution in [0.4, 0.5) is 14.9 Å². The van der Waals surface area contributed by atoms with Gasteiger partial charge in [0, 0.05) is 5.02 Å². The molecule has 0 aliphatic carbocycles. The molecule has 1 aliphatic heterocycles. The maximum Gasteiger partial charge on any atom is 0.329 e. The van der Waals surface area contributed by atoms with E-state index in [1.807, 2.05) is 0 Å². The van der Waals surface area contributed by atoms with Crippen LogP contribution < -0.4 is 5.32 Å². The summed E-state index contributed by atoms with van der Waals surface area (Å²) < 4.78 is 18.7. The minimum atomic E-state index is -1.07. The lowest BCUT2D eigenvalue weighted by atomic mass is 9.97. The van der Waals surface area contributed by atoms with Gasteiger partial charge >= 0.3 is 12.0 Å². The van der Waals surface area contributed by atoms with Gasteiger partial charge in [0.2, 0.25) is 0 Å². The molecule has 1 aromatic rings. The molecule has 0 saturated carbocycles. The van der Waals surface area contributed by atoms with Gasteiger partial charge in [0.05, 0.1) is 18.8 Å². The van der Waals surface area contributed by atoms with Crippen LogP contribution in [0.1, 0.15) is 6.92 Å². The number of carboxylic acid groups (broad SMARTS) is 1. The summed E-state index contributed by atoms with van der Waals surface area (Å²) in [6.45, 7) is 1.77. The third kappa shape index (κ3) is 3.83. The summed E-state index contributed by atoms with van der Waals surface area (Å²) in [5.74, 6) is -1.69. The molecular weight excluding hydrogens is 303 g/mol. The number of nitrogens with zero attached hydrogens (tertiary/aromatic N) is 1. The SMILES string of the molecule is CC1(OCC(=O)O)CN(C(=O)Nc2ccc(Cl)cc2F)C1. The fourth-order valence-corrected chi connectivity index (χ4v) is 2.18. The van der Waals surface area contributed by atoms with Gasteiger partial charge in [-0.05, 0) is 25.1 Å². The van der Waals surface area contributed by atoms with Gasteiger partial charge in [-0.3, -0.25) is 0 Å². The number of likely N-dealkylation sites (tertiary alicyclic amines) is 1. The van der Waals surface area contributed by atoms with Crippen molar-refractivity contribution in [2.75, 3.05) is 25.0 Å². The number of hydrogen-bond acceptors (Lipinski definition) is 3. The Hall–Kier alpha value is -1.86. The predicted molar refractivity (Wildman–Crippen MR) is 74.0 cm³/mol. The third-order valence-corrected chi connectivity index (χ3v) is 3.29. The smallest absolute Gasteiger partial charge is 0.329 e. The maximum absolute atomic E-state index is 13.6. The summed E-state index contributed by atoms with van der Waals surface area (Å²) in [7, 11) is 0. The maximum atomic E-state index is 13.6. The molecule has 0 aromatic heterocycles. The second-order valence-electron chi connectivity index (χ2n) is 5.04. The van der Waals surface area contributed by atoms with E-state index in [1.165, 1.54) is 17.0 Å². The van der Waals surface area contributed by atoms with Crippen molar-refractivity contribution < 1.29 is 23.8 Å². The molecule has 114 valence electrons. The number of hydrogen-bond donors (Lipinski definition) is 2. The highest BCUT2D eigenvalue weighted by Crippen LogP contribution is 2.26. The molecule has 2 rings (SSSR count). The monoisotopic (exact) mass is 316 g/mol. The number of carbonyl (C=O) groups is 2. The fraction of sp³-hybridized carbons (Fsp3) is 0.385. The molecule has 2 N–H and O–H groups in total. The van der Waals surface area contributed by atoms with Gasteiger partial charge in [-0.2, -0.15) is 0 Å². The Morgan fingerprint density at radius 1 is 1.52 bits per heavy atom. The highest BCUT2D eigenvalue weighted by molar-refractivity contribution is 6.30. The van der Waals surface area contributed by atoms with Crippen LogP contribution in [0.2, 0.25) is 5.02 Å². The summed E-state index contributed by atoms with van der Waals surface area (Å²) in [4.78, 5) is 23.7. The fourth-order valence-electron chi connectivity index (χ4n) is 2.02. The number of nitrogens with one attached hydrogen (secondary N) is 1. The minimum Gasteiger partial charge on any atom is -0.480 e. The molecule has 1 aliphatic rings. The van der Waals surface area contributed by atoms with E-state index in [0.29, 0.717) is 0 Å². The minimum absolute atomic E-state index is 0.0319. The van der Waals surface area contributed by atoms with E-state index in [1.54, 1.807) is 6.92 Å². The zero-order chi connectivity index (χ0) is 15.6. The molecule has 8 heteroatoms. The Labute approximate surface area is 125 Å². The summed E-state index contributed by atoms with van der Waals surface area (Å²) in [6, 6.07) is 3.46. The van der Waals surface area contributed by atoms with Crippen molar-refractivity contribution in [1.29, 1.82) is 0 Å². The Morgan fingerprint density at radius 2 is 2.19 bits per heavy atom. The Balaban J connectivity index is 1.87. The molecule has 1 heterocycles. The topological polar surface area (TPSA) is 78.9 Å². The Kier molecular flexibility index (Phi) is 4.34. The van der Waals surface area contributed by atoms with Crippen LogP contribution in [-0.2, 0) is 9.53 Å². The van der Waals surface area contributed by atoms with E-state index in [4.69, 9.17) is 21.4 Å². The van der Waals surface area contributed by atoms with E-state index in [-0.39, 0.29) is 23.8 Å². The van der Waals surface area contributed by atoms with Crippen molar-refractivity contribution >= 4 is 29.3 Å². The van der Waals surface area contributed by atoms with Gasteiger partial charge in [0.15, 0.2) is 0 Å². The van der Waals surface area contributed by atoms with Crippen molar-refractivity contribution in [2.24, 2.45) is 0 Å². The lowest BCUT2D eigenvalue weighted by Gasteiger charge is -2.46. The van der Waals surface area contributed by atoms with Crippen molar-refractivity contribution in [3.8, 4) is 0 Å². The lowest BCUT2D eigenvalue weighted by molar-refractivity contribution is -0.159. The zero-order valence-corrected chi connectivity index (χ0v) is 12.0. The lowest BCUT2D eigenvalue weighted by Crippen LogP contribution is -2.64. The first-order valence-corrected chi connectivity index (χ1v) is 6.54. The molecule has 6 nitrogen and oxygen atoms in total. The third-order valence-electron chi connectivity index (χ3n) is 3.05. The van der Waals surface area contributed by atoms with Gasteiger partial charge in [-0.25, -0.2) is 14.0 Å². The van der Waals surface area contributed by atoms with Crippen LogP contribution in [0.25, 0.3) is 0 Å². The molecule has 0 spiro atoms. The van der Waals surface area contributed by atoms with Crippen LogP contribution in [0, 0.1) is 5.82 Å². The van der Waals surface area contributed by atoms with Crippen molar-refractivity contribution in [2.45, 2.75) is 12.5 Å². The first-order valence-electron chi connectivity index (χ1n) is 6.16. The van der Waals surface area contributed by atoms with Crippen LogP contribution in [0.15, 0.2) is 18.2 Å². The van der Waals surface area contributed by atoms with E-state index in [9.17, 15) is 14.0 Å². The van der Waals surface area contributed by atoms with Crippen LogP contribution in [0.5, 0.6) is 0 Å². The summed E-state index contributed by atoms with van der Waals surface area (Å²) in [6.07, 6.45) is 0. The second-order valence-corrected chi connectivity index (χ2v) is 5.48. The van der Waals surface area contributed by atoms with Gasteiger partial charge in [-0.15, -0.1) is 0 Å². The number of aliphatic carboxylic acids is 1. The van der Waals surface area contributed by atoms with Gasteiger partial charge < -0.3 is 20.1 Å². The van der Waals surface area contributed by atoms with Crippen LogP contribution >= 0.6 is 11.6 Å². The number of halogens is 2. The van der Waals surface area contributed by atoms with Gasteiger partial charge in [-0.1, -0.05) is 11.6 Å². The second kappa shape index (κ2) is 5.87. The number of carbonyl (C=O) groups excluding carboxylic acids is 1. The standard InChI is InChI=1S/C13H14ClFN2O4/c1-13(21-5-11(18)19)6-17(7-13)12(20)16-10-3-2-8(14)4-9(10)15/h2-4H,5-7H2,1H3,(H,16,20)(H,18,19).